The second-order valence-corrected chi connectivity index (χ2v) is 9.65. The van der Waals surface area contributed by atoms with Gasteiger partial charge in [0.1, 0.15) is 5.82 Å². The van der Waals surface area contributed by atoms with Crippen molar-refractivity contribution in [2.75, 3.05) is 50.7 Å². The van der Waals surface area contributed by atoms with Crippen molar-refractivity contribution in [3.63, 3.8) is 0 Å². The third-order valence-corrected chi connectivity index (χ3v) is 6.86. The minimum Gasteiger partial charge on any atom is -0.419 e. The summed E-state index contributed by atoms with van der Waals surface area (Å²) in [7, 11) is 0. The molecule has 7 nitrogen and oxygen atoms in total. The van der Waals surface area contributed by atoms with E-state index in [2.05, 4.69) is 57.9 Å². The van der Waals surface area contributed by atoms with Crippen molar-refractivity contribution in [1.29, 1.82) is 0 Å². The van der Waals surface area contributed by atoms with Crippen molar-refractivity contribution in [3.05, 3.63) is 59.0 Å². The molecule has 2 aromatic heterocycles. The predicted octanol–water partition coefficient (Wildman–Crippen LogP) is 3.93. The number of likely N-dealkylation sites (tertiary alicyclic amines) is 1. The van der Waals surface area contributed by atoms with Gasteiger partial charge in [-0.1, -0.05) is 28.1 Å². The van der Waals surface area contributed by atoms with E-state index in [0.29, 0.717) is 17.7 Å². The van der Waals surface area contributed by atoms with Crippen molar-refractivity contribution < 1.29 is 4.42 Å². The molecule has 32 heavy (non-hydrogen) atoms. The van der Waals surface area contributed by atoms with Gasteiger partial charge in [-0.25, -0.2) is 4.98 Å². The van der Waals surface area contributed by atoms with Gasteiger partial charge in [0.15, 0.2) is 0 Å². The monoisotopic (exact) mass is 496 g/mol. The molecule has 0 bridgehead atoms. The zero-order valence-corrected chi connectivity index (χ0v) is 19.8. The zero-order valence-electron chi connectivity index (χ0n) is 18.2. The van der Waals surface area contributed by atoms with Crippen molar-refractivity contribution in [2.45, 2.75) is 19.4 Å². The number of hydrogen-bond donors (Lipinski definition) is 0. The molecule has 0 radical (unpaired) electrons. The largest absolute Gasteiger partial charge is 0.419 e. The average molecular weight is 497 g/mol. The topological polar surface area (TPSA) is 61.5 Å². The van der Waals surface area contributed by atoms with Crippen LogP contribution in [-0.2, 0) is 6.54 Å². The Morgan fingerprint density at radius 2 is 1.88 bits per heavy atom. The van der Waals surface area contributed by atoms with Gasteiger partial charge in [-0.05, 0) is 55.6 Å². The first-order chi connectivity index (χ1) is 15.7. The van der Waals surface area contributed by atoms with Gasteiger partial charge in [0, 0.05) is 55.5 Å². The Hall–Kier alpha value is -2.29. The number of rotatable bonds is 6. The lowest BCUT2D eigenvalue weighted by molar-refractivity contribution is 0.118. The molecular weight excluding hydrogens is 468 g/mol. The van der Waals surface area contributed by atoms with Crippen molar-refractivity contribution in [2.24, 2.45) is 5.92 Å². The fourth-order valence-corrected chi connectivity index (χ4v) is 5.16. The maximum atomic E-state index is 5.96. The van der Waals surface area contributed by atoms with Crippen LogP contribution in [0.2, 0.25) is 0 Å². The average Bonchev–Trinajstić information content (AvgIpc) is 3.29. The normalized spacial score (nSPS) is 20.5. The fourth-order valence-electron chi connectivity index (χ4n) is 4.76. The molecule has 168 valence electrons. The highest BCUT2D eigenvalue weighted by molar-refractivity contribution is 9.10. The van der Waals surface area contributed by atoms with Crippen LogP contribution >= 0.6 is 15.9 Å². The first-order valence-electron chi connectivity index (χ1n) is 11.4. The fraction of sp³-hybridized carbons (Fsp3) is 0.458. The van der Waals surface area contributed by atoms with Gasteiger partial charge >= 0.3 is 0 Å². The van der Waals surface area contributed by atoms with Crippen molar-refractivity contribution >= 4 is 21.7 Å². The van der Waals surface area contributed by atoms with Crippen LogP contribution in [0.3, 0.4) is 0 Å². The van der Waals surface area contributed by atoms with Crippen LogP contribution in [0.15, 0.2) is 57.6 Å². The Kier molecular flexibility index (Phi) is 6.80. The van der Waals surface area contributed by atoms with E-state index in [0.717, 1.165) is 61.7 Å². The molecule has 0 spiro atoms. The molecule has 0 saturated carbocycles. The lowest BCUT2D eigenvalue weighted by atomic mass is 9.97. The van der Waals surface area contributed by atoms with Crippen LogP contribution in [0.4, 0.5) is 5.82 Å². The zero-order chi connectivity index (χ0) is 21.8. The standard InChI is InChI=1S/C24H29BrN6O/c25-21-7-3-6-20(15-21)24-28-27-23(32-24)18-30-10-4-5-19(17-30)16-29-11-13-31(14-12-29)22-8-1-2-9-26-22/h1-3,6-9,15,19H,4-5,10-14,16-18H2. The smallest absolute Gasteiger partial charge is 0.247 e. The lowest BCUT2D eigenvalue weighted by Crippen LogP contribution is -2.49. The van der Waals surface area contributed by atoms with Crippen LogP contribution < -0.4 is 4.90 Å². The van der Waals surface area contributed by atoms with E-state index in [-0.39, 0.29) is 0 Å². The second-order valence-electron chi connectivity index (χ2n) is 8.73. The highest BCUT2D eigenvalue weighted by atomic mass is 79.9. The van der Waals surface area contributed by atoms with Crippen LogP contribution in [0, 0.1) is 5.92 Å². The number of piperazine rings is 1. The summed E-state index contributed by atoms with van der Waals surface area (Å²) >= 11 is 3.50. The molecule has 2 aliphatic rings. The van der Waals surface area contributed by atoms with Crippen LogP contribution in [-0.4, -0.2) is 70.8 Å². The van der Waals surface area contributed by atoms with E-state index in [9.17, 15) is 0 Å². The van der Waals surface area contributed by atoms with Gasteiger partial charge in [-0.3, -0.25) is 9.80 Å². The number of anilines is 1. The van der Waals surface area contributed by atoms with Gasteiger partial charge in [-0.15, -0.1) is 10.2 Å². The van der Waals surface area contributed by atoms with E-state index >= 15 is 0 Å². The maximum absolute atomic E-state index is 5.96. The van der Waals surface area contributed by atoms with Crippen LogP contribution in [0.1, 0.15) is 18.7 Å². The maximum Gasteiger partial charge on any atom is 0.247 e. The molecule has 1 aromatic carbocycles. The highest BCUT2D eigenvalue weighted by Gasteiger charge is 2.25. The summed E-state index contributed by atoms with van der Waals surface area (Å²) < 4.78 is 6.97. The third-order valence-electron chi connectivity index (χ3n) is 6.36. The summed E-state index contributed by atoms with van der Waals surface area (Å²) in [6, 6.07) is 14.1. The van der Waals surface area contributed by atoms with E-state index in [4.69, 9.17) is 4.42 Å². The summed E-state index contributed by atoms with van der Waals surface area (Å²) in [5.74, 6) is 3.07. The van der Waals surface area contributed by atoms with Crippen LogP contribution in [0.25, 0.3) is 11.5 Å². The number of benzene rings is 1. The number of piperidine rings is 1. The molecule has 0 aliphatic carbocycles. The Balaban J connectivity index is 1.11. The summed E-state index contributed by atoms with van der Waals surface area (Å²) in [6.45, 7) is 8.39. The van der Waals surface area contributed by atoms with Crippen molar-refractivity contribution in [1.82, 2.24) is 25.0 Å². The Morgan fingerprint density at radius 1 is 0.969 bits per heavy atom. The molecule has 8 heteroatoms. The highest BCUT2D eigenvalue weighted by Crippen LogP contribution is 2.24. The summed E-state index contributed by atoms with van der Waals surface area (Å²) in [6.07, 6.45) is 4.40. The second kappa shape index (κ2) is 10.1. The number of pyridine rings is 1. The van der Waals surface area contributed by atoms with Crippen molar-refractivity contribution in [3.8, 4) is 11.5 Å². The molecule has 2 aliphatic heterocycles. The minimum atomic E-state index is 0.584. The molecule has 5 rings (SSSR count). The number of halogens is 1. The number of nitrogens with zero attached hydrogens (tertiary/aromatic N) is 6. The lowest BCUT2D eigenvalue weighted by Gasteiger charge is -2.39. The molecule has 0 amide bonds. The molecule has 2 saturated heterocycles. The van der Waals surface area contributed by atoms with E-state index in [1.807, 2.05) is 36.5 Å². The molecule has 0 N–H and O–H groups in total. The van der Waals surface area contributed by atoms with Gasteiger partial charge in [0.25, 0.3) is 0 Å². The van der Waals surface area contributed by atoms with E-state index in [1.165, 1.54) is 19.4 Å². The number of aromatic nitrogens is 3. The summed E-state index contributed by atoms with van der Waals surface area (Å²) in [5, 5.41) is 8.55. The van der Waals surface area contributed by atoms with E-state index in [1.54, 1.807) is 0 Å². The minimum absolute atomic E-state index is 0.584. The first kappa shape index (κ1) is 21.6. The van der Waals surface area contributed by atoms with E-state index < -0.39 is 0 Å². The molecule has 4 heterocycles. The third kappa shape index (κ3) is 5.36. The predicted molar refractivity (Wildman–Crippen MR) is 128 cm³/mol. The number of hydrogen-bond acceptors (Lipinski definition) is 7. The van der Waals surface area contributed by atoms with Gasteiger partial charge in [0.05, 0.1) is 6.54 Å². The first-order valence-corrected chi connectivity index (χ1v) is 12.2. The van der Waals surface area contributed by atoms with Gasteiger partial charge in [-0.2, -0.15) is 0 Å². The summed E-state index contributed by atoms with van der Waals surface area (Å²) in [5.41, 5.74) is 0.944. The molecule has 2 fully saturated rings. The molecule has 1 unspecified atom stereocenters. The molecule has 1 atom stereocenters. The SMILES string of the molecule is Brc1cccc(-c2nnc(CN3CCCC(CN4CCN(c5ccccn5)CC4)C3)o2)c1. The molecule has 3 aromatic rings. The Labute approximate surface area is 197 Å². The molecular formula is C24H29BrN6O. The summed E-state index contributed by atoms with van der Waals surface area (Å²) in [4.78, 5) is 12.0. The quantitative estimate of drug-likeness (QED) is 0.512. The van der Waals surface area contributed by atoms with Gasteiger partial charge < -0.3 is 9.32 Å². The Bertz CT molecular complexity index is 1000. The Morgan fingerprint density at radius 3 is 2.69 bits per heavy atom. The van der Waals surface area contributed by atoms with Crippen LogP contribution in [0.5, 0.6) is 0 Å². The van der Waals surface area contributed by atoms with Gasteiger partial charge in [0.2, 0.25) is 11.8 Å².